The molecule has 0 unspecified atom stereocenters. The number of aliphatic carboxylic acids is 1. The van der Waals surface area contributed by atoms with Crippen LogP contribution in [-0.4, -0.2) is 37.2 Å². The van der Waals surface area contributed by atoms with Crippen LogP contribution in [0.1, 0.15) is 24.2 Å². The van der Waals surface area contributed by atoms with Gasteiger partial charge in [-0.2, -0.15) is 0 Å². The highest BCUT2D eigenvalue weighted by molar-refractivity contribution is 6.40. The standard InChI is InChI=1S/C13H16O6/c1-7(2)19-11-6-9(17-3)8(5-10(11)18-4)12(14)13(15)16/h5-7H,1-4H3,(H,15,16). The molecule has 0 bridgehead atoms. The first-order valence-electron chi connectivity index (χ1n) is 5.61. The van der Waals surface area contributed by atoms with Gasteiger partial charge >= 0.3 is 5.97 Å². The smallest absolute Gasteiger partial charge is 0.377 e. The van der Waals surface area contributed by atoms with Crippen LogP contribution in [0.15, 0.2) is 12.1 Å². The SMILES string of the molecule is COc1cc(C(=O)C(=O)O)c(OC)cc1OC(C)C. The first kappa shape index (κ1) is 14.8. The van der Waals surface area contributed by atoms with E-state index in [9.17, 15) is 9.59 Å². The average Bonchev–Trinajstić information content (AvgIpc) is 2.36. The van der Waals surface area contributed by atoms with Crippen molar-refractivity contribution in [3.05, 3.63) is 17.7 Å². The summed E-state index contributed by atoms with van der Waals surface area (Å²) in [6.07, 6.45) is -0.0976. The Morgan fingerprint density at radius 1 is 1.05 bits per heavy atom. The number of carbonyl (C=O) groups is 2. The van der Waals surface area contributed by atoms with Crippen molar-refractivity contribution in [3.63, 3.8) is 0 Å². The van der Waals surface area contributed by atoms with Crippen LogP contribution in [0, 0.1) is 0 Å². The Morgan fingerprint density at radius 2 is 1.63 bits per heavy atom. The van der Waals surface area contributed by atoms with Crippen LogP contribution in [0.4, 0.5) is 0 Å². The predicted molar refractivity (Wildman–Crippen MR) is 67.3 cm³/mol. The molecule has 0 heterocycles. The van der Waals surface area contributed by atoms with E-state index in [2.05, 4.69) is 0 Å². The maximum Gasteiger partial charge on any atom is 0.377 e. The van der Waals surface area contributed by atoms with Crippen LogP contribution in [0.5, 0.6) is 17.2 Å². The molecule has 1 aromatic rings. The molecule has 0 amide bonds. The Labute approximate surface area is 110 Å². The summed E-state index contributed by atoms with van der Waals surface area (Å²) in [6.45, 7) is 3.67. The van der Waals surface area contributed by atoms with Crippen LogP contribution in [0.25, 0.3) is 0 Å². The molecular weight excluding hydrogens is 252 g/mol. The molecule has 6 nitrogen and oxygen atoms in total. The number of benzene rings is 1. The number of ether oxygens (including phenoxy) is 3. The Morgan fingerprint density at radius 3 is 2.05 bits per heavy atom. The number of methoxy groups -OCH3 is 2. The molecule has 0 saturated heterocycles. The van der Waals surface area contributed by atoms with Gasteiger partial charge in [0.2, 0.25) is 0 Å². The van der Waals surface area contributed by atoms with Gasteiger partial charge in [0.1, 0.15) is 5.75 Å². The molecule has 0 saturated carbocycles. The second-order valence-corrected chi connectivity index (χ2v) is 4.00. The summed E-state index contributed by atoms with van der Waals surface area (Å²) < 4.78 is 15.6. The van der Waals surface area contributed by atoms with Crippen LogP contribution in [0.3, 0.4) is 0 Å². The zero-order valence-electron chi connectivity index (χ0n) is 11.2. The minimum absolute atomic E-state index is 0.0806. The molecule has 1 aromatic carbocycles. The van der Waals surface area contributed by atoms with Gasteiger partial charge in [0.05, 0.1) is 25.9 Å². The van der Waals surface area contributed by atoms with E-state index in [1.165, 1.54) is 26.4 Å². The molecule has 0 fully saturated rings. The van der Waals surface area contributed by atoms with Crippen molar-refractivity contribution in [3.8, 4) is 17.2 Å². The Bertz CT molecular complexity index is 492. The molecule has 0 atom stereocenters. The summed E-state index contributed by atoms with van der Waals surface area (Å²) in [7, 11) is 2.75. The molecule has 6 heteroatoms. The van der Waals surface area contributed by atoms with E-state index in [0.717, 1.165) is 0 Å². The molecule has 104 valence electrons. The fourth-order valence-corrected chi connectivity index (χ4v) is 1.51. The molecule has 0 aromatic heterocycles. The number of carboxylic acid groups (broad SMARTS) is 1. The van der Waals surface area contributed by atoms with Gasteiger partial charge in [-0.1, -0.05) is 0 Å². The van der Waals surface area contributed by atoms with E-state index in [1.807, 2.05) is 13.8 Å². The molecule has 19 heavy (non-hydrogen) atoms. The normalized spacial score (nSPS) is 10.2. The Kier molecular flexibility index (Phi) is 4.74. The van der Waals surface area contributed by atoms with E-state index in [1.54, 1.807) is 0 Å². The van der Waals surface area contributed by atoms with E-state index in [-0.39, 0.29) is 23.2 Å². The Balaban J connectivity index is 3.34. The Hall–Kier alpha value is -2.24. The predicted octanol–water partition coefficient (Wildman–Crippen LogP) is 1.76. The molecule has 0 aliphatic rings. The monoisotopic (exact) mass is 268 g/mol. The highest BCUT2D eigenvalue weighted by atomic mass is 16.5. The summed E-state index contributed by atoms with van der Waals surface area (Å²) >= 11 is 0. The maximum absolute atomic E-state index is 11.5. The number of ketones is 1. The van der Waals surface area contributed by atoms with Crippen molar-refractivity contribution in [1.29, 1.82) is 0 Å². The van der Waals surface area contributed by atoms with Crippen LogP contribution < -0.4 is 14.2 Å². The number of hydrogen-bond donors (Lipinski definition) is 1. The number of carbonyl (C=O) groups excluding carboxylic acids is 1. The highest BCUT2D eigenvalue weighted by Gasteiger charge is 2.23. The maximum atomic E-state index is 11.5. The highest BCUT2D eigenvalue weighted by Crippen LogP contribution is 2.35. The van der Waals surface area contributed by atoms with Crippen molar-refractivity contribution in [1.82, 2.24) is 0 Å². The molecule has 0 aliphatic heterocycles. The van der Waals surface area contributed by atoms with E-state index in [4.69, 9.17) is 19.3 Å². The molecule has 1 rings (SSSR count). The summed E-state index contributed by atoms with van der Waals surface area (Å²) in [6, 6.07) is 2.74. The van der Waals surface area contributed by atoms with Crippen molar-refractivity contribution >= 4 is 11.8 Å². The zero-order chi connectivity index (χ0) is 14.6. The van der Waals surface area contributed by atoms with Gasteiger partial charge in [-0.25, -0.2) is 4.79 Å². The van der Waals surface area contributed by atoms with Gasteiger partial charge in [0.15, 0.2) is 11.5 Å². The van der Waals surface area contributed by atoms with Gasteiger partial charge in [-0.15, -0.1) is 0 Å². The summed E-state index contributed by atoms with van der Waals surface area (Å²) in [5.74, 6) is -1.83. The van der Waals surface area contributed by atoms with Crippen LogP contribution in [0.2, 0.25) is 0 Å². The fourth-order valence-electron chi connectivity index (χ4n) is 1.51. The van der Waals surface area contributed by atoms with E-state index >= 15 is 0 Å². The number of rotatable bonds is 6. The van der Waals surface area contributed by atoms with Crippen LogP contribution >= 0.6 is 0 Å². The summed E-state index contributed by atoms with van der Waals surface area (Å²) in [5.41, 5.74) is -0.0806. The average molecular weight is 268 g/mol. The van der Waals surface area contributed by atoms with Gasteiger partial charge in [0.25, 0.3) is 5.78 Å². The van der Waals surface area contributed by atoms with Crippen molar-refractivity contribution < 1.29 is 28.9 Å². The van der Waals surface area contributed by atoms with Crippen molar-refractivity contribution in [2.75, 3.05) is 14.2 Å². The second-order valence-electron chi connectivity index (χ2n) is 4.00. The number of Topliss-reactive ketones (excluding diaryl/α,β-unsaturated/α-hetero) is 1. The molecule has 0 aliphatic carbocycles. The molecule has 0 radical (unpaired) electrons. The lowest BCUT2D eigenvalue weighted by atomic mass is 10.1. The van der Waals surface area contributed by atoms with Gasteiger partial charge < -0.3 is 19.3 Å². The lowest BCUT2D eigenvalue weighted by Crippen LogP contribution is -2.15. The third-order valence-electron chi connectivity index (χ3n) is 2.29. The number of carboxylic acids is 1. The van der Waals surface area contributed by atoms with Gasteiger partial charge in [-0.3, -0.25) is 4.79 Å². The lowest BCUT2D eigenvalue weighted by Gasteiger charge is -2.16. The molecule has 0 spiro atoms. The van der Waals surface area contributed by atoms with E-state index < -0.39 is 11.8 Å². The quantitative estimate of drug-likeness (QED) is 0.625. The summed E-state index contributed by atoms with van der Waals surface area (Å²) in [5, 5.41) is 8.76. The minimum Gasteiger partial charge on any atom is -0.496 e. The second kappa shape index (κ2) is 6.08. The van der Waals surface area contributed by atoms with Crippen molar-refractivity contribution in [2.45, 2.75) is 20.0 Å². The minimum atomic E-state index is -1.56. The lowest BCUT2D eigenvalue weighted by molar-refractivity contribution is -0.131. The first-order valence-corrected chi connectivity index (χ1v) is 5.61. The molecular formula is C13H16O6. The van der Waals surface area contributed by atoms with Crippen LogP contribution in [-0.2, 0) is 4.79 Å². The topological polar surface area (TPSA) is 82.1 Å². The van der Waals surface area contributed by atoms with Gasteiger partial charge in [0, 0.05) is 6.07 Å². The zero-order valence-corrected chi connectivity index (χ0v) is 11.2. The first-order chi connectivity index (χ1) is 8.90. The number of hydrogen-bond acceptors (Lipinski definition) is 5. The fraction of sp³-hybridized carbons (Fsp3) is 0.385. The van der Waals surface area contributed by atoms with Crippen molar-refractivity contribution in [2.24, 2.45) is 0 Å². The third-order valence-corrected chi connectivity index (χ3v) is 2.29. The largest absolute Gasteiger partial charge is 0.496 e. The summed E-state index contributed by atoms with van der Waals surface area (Å²) in [4.78, 5) is 22.3. The van der Waals surface area contributed by atoms with E-state index in [0.29, 0.717) is 5.75 Å². The van der Waals surface area contributed by atoms with Gasteiger partial charge in [-0.05, 0) is 19.9 Å². The molecule has 1 N–H and O–H groups in total. The third kappa shape index (κ3) is 3.37.